The number of aliphatic hydroxyl groups is 1. The molecule has 13 nitrogen and oxygen atoms in total. The largest absolute Gasteiger partial charge is 0.478 e. The van der Waals surface area contributed by atoms with Gasteiger partial charge in [0.15, 0.2) is 29.4 Å². The molecule has 0 aliphatic carbocycles. The van der Waals surface area contributed by atoms with Crippen LogP contribution in [0.5, 0.6) is 5.75 Å². The van der Waals surface area contributed by atoms with Crippen LogP contribution in [0.15, 0.2) is 37.1 Å². The summed E-state index contributed by atoms with van der Waals surface area (Å²) in [7, 11) is -3.85. The lowest BCUT2D eigenvalue weighted by molar-refractivity contribution is -0.0529. The number of benzene rings is 1. The third-order valence-electron chi connectivity index (χ3n) is 8.97. The van der Waals surface area contributed by atoms with Crippen molar-refractivity contribution in [2.24, 2.45) is 5.73 Å². The van der Waals surface area contributed by atoms with E-state index in [4.69, 9.17) is 25.3 Å². The number of anilines is 2. The lowest BCUT2D eigenvalue weighted by Gasteiger charge is -2.44. The maximum absolute atomic E-state index is 15.8. The molecule has 0 amide bonds. The summed E-state index contributed by atoms with van der Waals surface area (Å²) in [5, 5.41) is 10.3. The number of imidazole rings is 1. The molecule has 0 radical (unpaired) electrons. The Balaban J connectivity index is 1.49. The predicted molar refractivity (Wildman–Crippen MR) is 184 cm³/mol. The molecule has 1 aliphatic rings. The number of alkyl halides is 2. The molecule has 4 aromatic rings. The quantitative estimate of drug-likeness (QED) is 0.0977. The first-order valence-electron chi connectivity index (χ1n) is 16.6. The fourth-order valence-electron chi connectivity index (χ4n) is 5.82. The van der Waals surface area contributed by atoms with Crippen LogP contribution in [0.4, 0.5) is 29.1 Å². The molecule has 0 spiro atoms. The standard InChI is InChI=1S/C33H43F4N8O5P/c1-5-19(3)49-51(47,50-20(4)6-2)18-48-27-12-23(34)22(11-24(27)35)25-10-21(14-45-17-43-28-31(38)41-16-42-32(28)45)26(13-40-25)44-9-7-8-33(39,15-44)29(46)30(36)37/h10-13,16-17,19-20,29-30,46H,5-9,14-15,18,39H2,1-4H3,(H2,38,41,42)/t19?,20?,29-,33-,51?/m1/s1. The van der Waals surface area contributed by atoms with Gasteiger partial charge in [-0.1, -0.05) is 13.8 Å². The average molecular weight is 739 g/mol. The van der Waals surface area contributed by atoms with Crippen LogP contribution in [0, 0.1) is 11.6 Å². The van der Waals surface area contributed by atoms with Crippen molar-refractivity contribution < 1.29 is 41.0 Å². The van der Waals surface area contributed by atoms with Crippen LogP contribution in [0.25, 0.3) is 22.4 Å². The average Bonchev–Trinajstić information content (AvgIpc) is 3.51. The first-order valence-corrected chi connectivity index (χ1v) is 18.4. The second-order valence-corrected chi connectivity index (χ2v) is 14.7. The van der Waals surface area contributed by atoms with Crippen molar-refractivity contribution in [3.8, 4) is 17.0 Å². The van der Waals surface area contributed by atoms with Crippen molar-refractivity contribution in [3.63, 3.8) is 0 Å². The number of nitrogen functional groups attached to an aromatic ring is 1. The van der Waals surface area contributed by atoms with Crippen LogP contribution in [-0.2, 0) is 20.2 Å². The van der Waals surface area contributed by atoms with Gasteiger partial charge in [-0.3, -0.25) is 9.55 Å². The van der Waals surface area contributed by atoms with Crippen LogP contribution in [0.3, 0.4) is 0 Å². The van der Waals surface area contributed by atoms with E-state index in [1.807, 2.05) is 13.8 Å². The van der Waals surface area contributed by atoms with Gasteiger partial charge in [-0.25, -0.2) is 32.5 Å². The van der Waals surface area contributed by atoms with Gasteiger partial charge in [0.05, 0.1) is 48.2 Å². The smallest absolute Gasteiger partial charge is 0.368 e. The number of nitrogens with zero attached hydrogens (tertiary/aromatic N) is 6. The molecule has 1 aliphatic heterocycles. The van der Waals surface area contributed by atoms with Crippen molar-refractivity contribution in [1.29, 1.82) is 0 Å². The van der Waals surface area contributed by atoms with Gasteiger partial charge in [0.2, 0.25) is 0 Å². The minimum atomic E-state index is -3.85. The van der Waals surface area contributed by atoms with Crippen molar-refractivity contribution in [3.05, 3.63) is 54.2 Å². The minimum absolute atomic E-state index is 0.0461. The first kappa shape index (κ1) is 38.3. The number of nitrogens with two attached hydrogens (primary N) is 2. The summed E-state index contributed by atoms with van der Waals surface area (Å²) in [6.07, 6.45) is -0.768. The molecule has 1 fully saturated rings. The van der Waals surface area contributed by atoms with Gasteiger partial charge in [-0.15, -0.1) is 0 Å². The van der Waals surface area contributed by atoms with Gasteiger partial charge < -0.3 is 39.8 Å². The van der Waals surface area contributed by atoms with Crippen LogP contribution in [0.2, 0.25) is 0 Å². The molecule has 5 N–H and O–H groups in total. The van der Waals surface area contributed by atoms with Crippen molar-refractivity contribution in [2.75, 3.05) is 30.1 Å². The summed E-state index contributed by atoms with van der Waals surface area (Å²) in [6.45, 7) is 7.49. The lowest BCUT2D eigenvalue weighted by atomic mass is 9.84. The van der Waals surface area contributed by atoms with E-state index in [1.165, 1.54) is 24.9 Å². The summed E-state index contributed by atoms with van der Waals surface area (Å²) >= 11 is 0. The van der Waals surface area contributed by atoms with Crippen LogP contribution < -0.4 is 21.1 Å². The highest BCUT2D eigenvalue weighted by atomic mass is 31.2. The predicted octanol–water partition coefficient (Wildman–Crippen LogP) is 5.88. The zero-order valence-electron chi connectivity index (χ0n) is 28.8. The highest BCUT2D eigenvalue weighted by Crippen LogP contribution is 2.51. The molecule has 18 heteroatoms. The van der Waals surface area contributed by atoms with Crippen molar-refractivity contribution >= 4 is 30.3 Å². The molecule has 0 saturated carbocycles. The Morgan fingerprint density at radius 1 is 1.04 bits per heavy atom. The summed E-state index contributed by atoms with van der Waals surface area (Å²) in [5.74, 6) is -2.17. The van der Waals surface area contributed by atoms with E-state index in [9.17, 15) is 18.5 Å². The summed E-state index contributed by atoms with van der Waals surface area (Å²) < 4.78 is 90.3. The van der Waals surface area contributed by atoms with Gasteiger partial charge in [0.25, 0.3) is 6.43 Å². The number of hydrogen-bond donors (Lipinski definition) is 3. The number of piperidine rings is 1. The van der Waals surface area contributed by atoms with E-state index in [2.05, 4.69) is 19.9 Å². The number of halogens is 4. The molecule has 278 valence electrons. The molecule has 1 aromatic carbocycles. The summed E-state index contributed by atoms with van der Waals surface area (Å²) in [4.78, 5) is 18.7. The molecule has 3 aromatic heterocycles. The second-order valence-electron chi connectivity index (χ2n) is 12.8. The Morgan fingerprint density at radius 2 is 1.75 bits per heavy atom. The van der Waals surface area contributed by atoms with Gasteiger partial charge in [0, 0.05) is 24.7 Å². The normalized spacial score (nSPS) is 19.6. The highest BCUT2D eigenvalue weighted by molar-refractivity contribution is 7.53. The third-order valence-corrected chi connectivity index (χ3v) is 10.8. The van der Waals surface area contributed by atoms with Gasteiger partial charge in [-0.05, 0) is 57.2 Å². The molecule has 51 heavy (non-hydrogen) atoms. The van der Waals surface area contributed by atoms with Gasteiger partial charge in [-0.2, -0.15) is 0 Å². The van der Waals surface area contributed by atoms with E-state index < -0.39 is 61.6 Å². The fraction of sp³-hybridized carbons (Fsp3) is 0.515. The number of fused-ring (bicyclic) bond motifs is 1. The molecule has 1 saturated heterocycles. The Kier molecular flexibility index (Phi) is 11.9. The molecular weight excluding hydrogens is 695 g/mol. The first-order chi connectivity index (χ1) is 24.2. The van der Waals surface area contributed by atoms with Crippen LogP contribution in [0.1, 0.15) is 58.9 Å². The molecule has 0 bridgehead atoms. The Hall–Kier alpha value is -3.89. The number of rotatable bonds is 15. The van der Waals surface area contributed by atoms with Gasteiger partial charge >= 0.3 is 7.60 Å². The van der Waals surface area contributed by atoms with E-state index in [0.29, 0.717) is 48.2 Å². The Bertz CT molecular complexity index is 1870. The maximum atomic E-state index is 15.8. The van der Waals surface area contributed by atoms with Crippen molar-refractivity contribution in [2.45, 2.75) is 90.2 Å². The molecular formula is C33H43F4N8O5P. The maximum Gasteiger partial charge on any atom is 0.368 e. The lowest BCUT2D eigenvalue weighted by Crippen LogP contribution is -2.63. The highest BCUT2D eigenvalue weighted by Gasteiger charge is 2.43. The monoisotopic (exact) mass is 738 g/mol. The Morgan fingerprint density at radius 3 is 2.41 bits per heavy atom. The minimum Gasteiger partial charge on any atom is -0.478 e. The zero-order valence-corrected chi connectivity index (χ0v) is 29.7. The second kappa shape index (κ2) is 15.8. The zero-order chi connectivity index (χ0) is 37.1. The molecule has 4 atom stereocenters. The summed E-state index contributed by atoms with van der Waals surface area (Å²) in [5.41, 5.74) is 12.3. The molecule has 4 heterocycles. The SMILES string of the molecule is CCC(C)OP(=O)(COc1cc(F)c(-c2cc(Cn3cnc4c(N)ncnc43)c(N3CCC[C@](N)([C@H](O)C(F)F)C3)cn2)cc1F)OC(C)CC. The number of aliphatic hydroxyl groups excluding tert-OH is 1. The van der Waals surface area contributed by atoms with E-state index in [1.54, 1.807) is 23.3 Å². The van der Waals surface area contributed by atoms with Crippen LogP contribution >= 0.6 is 7.60 Å². The third kappa shape index (κ3) is 8.60. The summed E-state index contributed by atoms with van der Waals surface area (Å²) in [6, 6.07) is 3.28. The molecule has 2 unspecified atom stereocenters. The Labute approximate surface area is 292 Å². The number of ether oxygens (including phenoxy) is 1. The van der Waals surface area contributed by atoms with E-state index in [-0.39, 0.29) is 36.6 Å². The molecule has 5 rings (SSSR count). The fourth-order valence-corrected chi connectivity index (χ4v) is 7.69. The van der Waals surface area contributed by atoms with E-state index in [0.717, 1.165) is 12.1 Å². The number of hydrogen-bond acceptors (Lipinski definition) is 12. The number of pyridine rings is 1. The van der Waals surface area contributed by atoms with Crippen LogP contribution in [-0.4, -0.2) is 79.3 Å². The topological polar surface area (TPSA) is 177 Å². The van der Waals surface area contributed by atoms with Gasteiger partial charge in [0.1, 0.15) is 23.8 Å². The van der Waals surface area contributed by atoms with Crippen molar-refractivity contribution in [1.82, 2.24) is 24.5 Å². The number of aromatic nitrogens is 5. The van der Waals surface area contributed by atoms with E-state index >= 15 is 8.78 Å².